The van der Waals surface area contributed by atoms with Crippen LogP contribution in [0.15, 0.2) is 0 Å². The van der Waals surface area contributed by atoms with Crippen molar-refractivity contribution in [1.29, 1.82) is 0 Å². The molecule has 6 aliphatic rings. The van der Waals surface area contributed by atoms with Gasteiger partial charge in [-0.2, -0.15) is 0 Å². The van der Waals surface area contributed by atoms with Gasteiger partial charge in [0.2, 0.25) is 0 Å². The minimum atomic E-state index is -0.790. The molecular weight excluding hydrogens is 461 g/mol. The Bertz CT molecular complexity index is 757. The summed E-state index contributed by atoms with van der Waals surface area (Å²) < 4.78 is -0.790. The molecule has 2 nitrogen and oxygen atoms in total. The summed E-state index contributed by atoms with van der Waals surface area (Å²) in [7, 11) is 0. The van der Waals surface area contributed by atoms with Gasteiger partial charge in [-0.25, -0.2) is 0 Å². The van der Waals surface area contributed by atoms with Gasteiger partial charge in [0.25, 0.3) is 0 Å². The lowest BCUT2D eigenvalue weighted by atomic mass is 9.52. The molecule has 2 saturated heterocycles. The summed E-state index contributed by atoms with van der Waals surface area (Å²) in [6, 6.07) is 0.370. The van der Waals surface area contributed by atoms with Gasteiger partial charge >= 0.3 is 0 Å². The Balaban J connectivity index is 1.30. The van der Waals surface area contributed by atoms with E-state index in [-0.39, 0.29) is 10.8 Å². The van der Waals surface area contributed by atoms with Gasteiger partial charge in [-0.05, 0) is 117 Å². The summed E-state index contributed by atoms with van der Waals surface area (Å²) >= 11 is 20.6. The van der Waals surface area contributed by atoms with Crippen molar-refractivity contribution in [3.05, 3.63) is 0 Å². The van der Waals surface area contributed by atoms with Crippen LogP contribution >= 0.6 is 34.8 Å². The van der Waals surface area contributed by atoms with Gasteiger partial charge in [0.05, 0.1) is 11.0 Å². The normalized spacial score (nSPS) is 59.3. The fourth-order valence-electron chi connectivity index (χ4n) is 10.6. The van der Waals surface area contributed by atoms with Crippen molar-refractivity contribution in [3.63, 3.8) is 0 Å². The second-order valence-electron chi connectivity index (χ2n) is 13.4. The molecule has 4 aliphatic carbocycles. The van der Waals surface area contributed by atoms with Gasteiger partial charge in [0.1, 0.15) is 4.33 Å². The van der Waals surface area contributed by atoms with Crippen LogP contribution in [-0.4, -0.2) is 44.4 Å². The van der Waals surface area contributed by atoms with Crippen molar-refractivity contribution in [2.45, 2.75) is 99.9 Å². The third-order valence-electron chi connectivity index (χ3n) is 12.1. The Morgan fingerprint density at radius 2 is 1.56 bits per heavy atom. The smallest absolute Gasteiger partial charge is 0.137 e. The zero-order valence-electron chi connectivity index (χ0n) is 20.1. The maximum Gasteiger partial charge on any atom is 0.137 e. The molecule has 32 heavy (non-hydrogen) atoms. The molecule has 5 unspecified atom stereocenters. The molecule has 2 heterocycles. The SMILES string of the molecule is C[C@H]1CC[C@@H]2N(CC3C4C[C@H]5C(CCC6C(Cl)(Cl)C(Cl)CC[C@@]65C)[C@@H]4CC[C@@H]3[C@]2(C)O)C1. The number of rotatable bonds is 0. The molecule has 0 bridgehead atoms. The van der Waals surface area contributed by atoms with E-state index in [0.717, 1.165) is 42.4 Å². The predicted octanol–water partition coefficient (Wildman–Crippen LogP) is 6.74. The molecule has 0 spiro atoms. The Kier molecular flexibility index (Phi) is 5.54. The van der Waals surface area contributed by atoms with Gasteiger partial charge in [-0.1, -0.05) is 37.0 Å². The van der Waals surface area contributed by atoms with Gasteiger partial charge in [-0.3, -0.25) is 4.90 Å². The molecule has 0 aromatic rings. The number of hydrogen-bond acceptors (Lipinski definition) is 2. The van der Waals surface area contributed by atoms with Crippen molar-refractivity contribution >= 4 is 34.8 Å². The van der Waals surface area contributed by atoms with Gasteiger partial charge in [0.15, 0.2) is 0 Å². The minimum Gasteiger partial charge on any atom is -0.388 e. The average Bonchev–Trinajstić information content (AvgIpc) is 3.11. The molecule has 2 aliphatic heterocycles. The number of piperidine rings is 2. The van der Waals surface area contributed by atoms with Gasteiger partial charge in [0, 0.05) is 19.1 Å². The largest absolute Gasteiger partial charge is 0.388 e. The quantitative estimate of drug-likeness (QED) is 0.371. The van der Waals surface area contributed by atoms with Crippen LogP contribution in [0.4, 0.5) is 0 Å². The summed E-state index contributed by atoms with van der Waals surface area (Å²) in [6.07, 6.45) is 10.8. The van der Waals surface area contributed by atoms with E-state index in [4.69, 9.17) is 34.8 Å². The van der Waals surface area contributed by atoms with E-state index in [1.54, 1.807) is 0 Å². The first kappa shape index (κ1) is 23.2. The van der Waals surface area contributed by atoms with Crippen LogP contribution in [0.5, 0.6) is 0 Å². The first-order valence-electron chi connectivity index (χ1n) is 13.5. The standard InChI is InChI=1S/C27H42Cl3NO/c1-15-4-9-24-26(3,32)20-7-5-16-17-6-8-22-25(2,11-10-23(28)27(22,29)30)21(17)12-18(16)19(20)14-31(24)13-15/h15-24,32H,4-14H2,1-3H3/t15-,16-,17?,18?,19?,20-,21-,22?,23?,24-,25+,26-/m0/s1. The molecule has 4 saturated carbocycles. The first-order valence-corrected chi connectivity index (χ1v) is 14.7. The minimum absolute atomic E-state index is 0.125. The molecule has 6 fully saturated rings. The highest BCUT2D eigenvalue weighted by atomic mass is 35.5. The molecular formula is C27H42Cl3NO. The first-order chi connectivity index (χ1) is 15.0. The zero-order valence-corrected chi connectivity index (χ0v) is 22.3. The topological polar surface area (TPSA) is 23.5 Å². The lowest BCUT2D eigenvalue weighted by Gasteiger charge is -2.60. The van der Waals surface area contributed by atoms with Crippen LogP contribution in [0.2, 0.25) is 0 Å². The van der Waals surface area contributed by atoms with Crippen LogP contribution in [0.25, 0.3) is 0 Å². The van der Waals surface area contributed by atoms with Crippen molar-refractivity contribution in [1.82, 2.24) is 4.90 Å². The fraction of sp³-hybridized carbons (Fsp3) is 1.00. The van der Waals surface area contributed by atoms with E-state index in [0.29, 0.717) is 23.8 Å². The summed E-state index contributed by atoms with van der Waals surface area (Å²) in [4.78, 5) is 2.70. The molecule has 1 N–H and O–H groups in total. The molecule has 12 atom stereocenters. The van der Waals surface area contributed by atoms with E-state index in [1.807, 2.05) is 0 Å². The number of halogens is 3. The second-order valence-corrected chi connectivity index (χ2v) is 15.3. The summed E-state index contributed by atoms with van der Waals surface area (Å²) in [5, 5.41) is 11.7. The van der Waals surface area contributed by atoms with Crippen LogP contribution < -0.4 is 0 Å². The second kappa shape index (κ2) is 7.64. The van der Waals surface area contributed by atoms with E-state index < -0.39 is 9.93 Å². The highest BCUT2D eigenvalue weighted by molar-refractivity contribution is 6.52. The predicted molar refractivity (Wildman–Crippen MR) is 133 cm³/mol. The van der Waals surface area contributed by atoms with E-state index in [9.17, 15) is 5.11 Å². The van der Waals surface area contributed by atoms with E-state index in [1.165, 1.54) is 58.0 Å². The van der Waals surface area contributed by atoms with Gasteiger partial charge < -0.3 is 5.11 Å². The highest BCUT2D eigenvalue weighted by Gasteiger charge is 2.66. The summed E-state index contributed by atoms with van der Waals surface area (Å²) in [5.41, 5.74) is -0.323. The van der Waals surface area contributed by atoms with Crippen molar-refractivity contribution in [2.75, 3.05) is 13.1 Å². The summed E-state index contributed by atoms with van der Waals surface area (Å²) in [6.45, 7) is 9.48. The third-order valence-corrected chi connectivity index (χ3v) is 13.9. The Morgan fingerprint density at radius 3 is 2.34 bits per heavy atom. The Hall–Kier alpha value is 0.790. The number of hydrogen-bond donors (Lipinski definition) is 1. The third kappa shape index (κ3) is 3.11. The fourth-order valence-corrected chi connectivity index (χ4v) is 11.8. The highest BCUT2D eigenvalue weighted by Crippen LogP contribution is 2.70. The Morgan fingerprint density at radius 1 is 0.812 bits per heavy atom. The van der Waals surface area contributed by atoms with Crippen molar-refractivity contribution in [2.24, 2.45) is 52.8 Å². The van der Waals surface area contributed by atoms with Crippen LogP contribution in [-0.2, 0) is 0 Å². The molecule has 5 heteroatoms. The summed E-state index contributed by atoms with van der Waals surface area (Å²) in [5.74, 6) is 5.34. The van der Waals surface area contributed by atoms with Crippen LogP contribution in [0.3, 0.4) is 0 Å². The zero-order chi connectivity index (χ0) is 22.6. The number of nitrogens with zero attached hydrogens (tertiary/aromatic N) is 1. The maximum atomic E-state index is 11.9. The molecule has 0 aromatic carbocycles. The average molecular weight is 503 g/mol. The monoisotopic (exact) mass is 501 g/mol. The number of fused-ring (bicyclic) bond motifs is 8. The van der Waals surface area contributed by atoms with Crippen LogP contribution in [0, 0.1) is 52.8 Å². The Labute approximate surface area is 210 Å². The van der Waals surface area contributed by atoms with E-state index in [2.05, 4.69) is 25.7 Å². The lowest BCUT2D eigenvalue weighted by molar-refractivity contribution is -0.175. The molecule has 182 valence electrons. The molecule has 0 aromatic heterocycles. The van der Waals surface area contributed by atoms with E-state index >= 15 is 0 Å². The van der Waals surface area contributed by atoms with Crippen molar-refractivity contribution in [3.8, 4) is 0 Å². The van der Waals surface area contributed by atoms with Crippen LogP contribution in [0.1, 0.15) is 78.6 Å². The van der Waals surface area contributed by atoms with Gasteiger partial charge in [-0.15, -0.1) is 11.6 Å². The molecule has 0 amide bonds. The number of alkyl halides is 3. The molecule has 6 rings (SSSR count). The molecule has 0 radical (unpaired) electrons. The number of aliphatic hydroxyl groups is 1. The maximum absolute atomic E-state index is 11.9. The lowest BCUT2D eigenvalue weighted by Crippen LogP contribution is -2.67. The van der Waals surface area contributed by atoms with Crippen molar-refractivity contribution < 1.29 is 5.11 Å².